The van der Waals surface area contributed by atoms with E-state index < -0.39 is 7.49 Å². The molecule has 4 N–H and O–H groups in total. The average molecular weight is 464 g/mol. The second kappa shape index (κ2) is 8.49. The maximum Gasteiger partial charge on any atom is 0.231 e. The molecule has 2 aromatic heterocycles. The van der Waals surface area contributed by atoms with E-state index in [1.54, 1.807) is 32.2 Å². The molecule has 0 bridgehead atoms. The van der Waals surface area contributed by atoms with Gasteiger partial charge in [0.1, 0.15) is 34.8 Å². The predicted octanol–water partition coefficient (Wildman–Crippen LogP) is 2.82. The van der Waals surface area contributed by atoms with Crippen LogP contribution in [0, 0.1) is 0 Å². The van der Waals surface area contributed by atoms with Crippen molar-refractivity contribution in [2.24, 2.45) is 0 Å². The molecule has 4 rings (SSSR count). The van der Waals surface area contributed by atoms with Crippen molar-refractivity contribution in [3.63, 3.8) is 0 Å². The molecular weight excluding hydrogens is 439 g/mol. The fourth-order valence-corrected chi connectivity index (χ4v) is 6.59. The Morgan fingerprint density at radius 1 is 1.32 bits per heavy atom. The molecule has 3 heterocycles. The van der Waals surface area contributed by atoms with Crippen LogP contribution in [0.1, 0.15) is 6.92 Å². The fourth-order valence-electron chi connectivity index (χ4n) is 3.76. The molecule has 31 heavy (non-hydrogen) atoms. The van der Waals surface area contributed by atoms with Crippen LogP contribution in [0.2, 0.25) is 5.02 Å². The number of rotatable bonds is 5. The number of aromatic nitrogens is 3. The number of nitrogens with one attached hydrogen (secondary N) is 3. The summed E-state index contributed by atoms with van der Waals surface area (Å²) in [7, 11) is 1.01. The number of amides is 1. The molecule has 0 saturated carbocycles. The number of nitrogens with zero attached hydrogens (tertiary/aromatic N) is 3. The van der Waals surface area contributed by atoms with Crippen molar-refractivity contribution in [2.75, 3.05) is 50.2 Å². The lowest BCUT2D eigenvalue weighted by atomic mass is 10.3. The predicted molar refractivity (Wildman–Crippen MR) is 125 cm³/mol. The molecule has 1 aliphatic rings. The van der Waals surface area contributed by atoms with Gasteiger partial charge in [0.2, 0.25) is 11.9 Å². The number of hydrogen-bond donors (Lipinski definition) is 4. The molecule has 164 valence electrons. The zero-order valence-corrected chi connectivity index (χ0v) is 19.2. The van der Waals surface area contributed by atoms with Crippen LogP contribution in [0.4, 0.5) is 17.5 Å². The van der Waals surface area contributed by atoms with Crippen molar-refractivity contribution in [1.29, 1.82) is 0 Å². The first kappa shape index (κ1) is 21.6. The molecule has 0 spiro atoms. The highest BCUT2D eigenvalue weighted by Crippen LogP contribution is 2.55. The monoisotopic (exact) mass is 463 g/mol. The summed E-state index contributed by atoms with van der Waals surface area (Å²) in [5.74, 6) is 1.61. The molecule has 1 aliphatic heterocycles. The lowest BCUT2D eigenvalue weighted by Gasteiger charge is -2.31. The van der Waals surface area contributed by atoms with Gasteiger partial charge in [-0.25, -0.2) is 4.89 Å². The van der Waals surface area contributed by atoms with E-state index in [-0.39, 0.29) is 5.91 Å². The molecule has 1 fully saturated rings. The van der Waals surface area contributed by atoms with Crippen molar-refractivity contribution < 1.29 is 14.4 Å². The molecule has 0 radical (unpaired) electrons. The number of methoxy groups -OCH3 is 1. The van der Waals surface area contributed by atoms with E-state index in [9.17, 15) is 9.69 Å². The number of halogens is 1. The number of benzene rings is 1. The first-order chi connectivity index (χ1) is 14.8. The minimum atomic E-state index is -2.34. The second-order valence-corrected chi connectivity index (χ2v) is 11.1. The van der Waals surface area contributed by atoms with Crippen LogP contribution in [0.15, 0.2) is 24.4 Å². The zero-order valence-electron chi connectivity index (χ0n) is 17.6. The van der Waals surface area contributed by atoms with Gasteiger partial charge in [-0.3, -0.25) is 4.79 Å². The smallest absolute Gasteiger partial charge is 0.231 e. The van der Waals surface area contributed by atoms with E-state index >= 15 is 0 Å². The molecule has 0 unspecified atom stereocenters. The second-order valence-electron chi connectivity index (χ2n) is 7.39. The third kappa shape index (κ3) is 4.13. The number of aromatic amines is 1. The fraction of sp³-hybridized carbons (Fsp3) is 0.350. The lowest BCUT2D eigenvalue weighted by molar-refractivity contribution is -0.128. The summed E-state index contributed by atoms with van der Waals surface area (Å²) < 4.78 is 5.58. The van der Waals surface area contributed by atoms with Gasteiger partial charge in [-0.05, 0) is 12.1 Å². The molecular formula is C20H25ClN6O3P+. The van der Waals surface area contributed by atoms with Gasteiger partial charge in [-0.2, -0.15) is 9.97 Å². The van der Waals surface area contributed by atoms with E-state index in [2.05, 4.69) is 25.6 Å². The van der Waals surface area contributed by atoms with E-state index in [4.69, 9.17) is 16.3 Å². The Kier molecular flexibility index (Phi) is 5.92. The Labute approximate surface area is 185 Å². The highest BCUT2D eigenvalue weighted by molar-refractivity contribution is 7.77. The molecule has 1 aromatic carbocycles. The number of carbonyl (C=O) groups is 1. The zero-order chi connectivity index (χ0) is 22.2. The number of carbonyl (C=O) groups excluding carboxylic acids is 1. The minimum Gasteiger partial charge on any atom is -0.494 e. The molecule has 11 heteroatoms. The van der Waals surface area contributed by atoms with Gasteiger partial charge in [-0.1, -0.05) is 11.6 Å². The Hall–Kier alpha value is -2.61. The van der Waals surface area contributed by atoms with Gasteiger partial charge in [0.05, 0.1) is 36.3 Å². The van der Waals surface area contributed by atoms with Crippen LogP contribution >= 0.6 is 19.1 Å². The Bertz CT molecular complexity index is 1130. The van der Waals surface area contributed by atoms with Crippen LogP contribution in [0.25, 0.3) is 11.0 Å². The number of hydrogen-bond acceptors (Lipinski definition) is 7. The number of H-pyrrole nitrogens is 1. The van der Waals surface area contributed by atoms with Crippen LogP contribution in [0.3, 0.4) is 0 Å². The Morgan fingerprint density at radius 3 is 2.71 bits per heavy atom. The third-order valence-electron chi connectivity index (χ3n) is 5.56. The summed E-state index contributed by atoms with van der Waals surface area (Å²) in [6, 6.07) is 5.63. The summed E-state index contributed by atoms with van der Waals surface area (Å²) in [5, 5.41) is 8.36. The lowest BCUT2D eigenvalue weighted by Crippen LogP contribution is -2.41. The van der Waals surface area contributed by atoms with E-state index in [0.717, 1.165) is 10.7 Å². The Morgan fingerprint density at radius 2 is 2.06 bits per heavy atom. The largest absolute Gasteiger partial charge is 0.494 e. The van der Waals surface area contributed by atoms with E-state index in [1.165, 1.54) is 0 Å². The van der Waals surface area contributed by atoms with E-state index in [1.807, 2.05) is 18.2 Å². The standard InChI is InChI=1S/C20H25ClN6O3P/c1-12(28)27-6-8-31(29,9-7-27)13-4-5-15(16(10-13)30-3)24-20-25-18(22-2)17-14(21)11-23-19(17)26-20/h4-5,10-11,29H,6-9H2,1-3H3,(H3,22,23,24,25,26)/q+1. The summed E-state index contributed by atoms with van der Waals surface area (Å²) >= 11 is 6.21. The molecule has 1 amide bonds. The number of anilines is 3. The Balaban J connectivity index is 1.61. The molecule has 0 aliphatic carbocycles. The van der Waals surface area contributed by atoms with Crippen molar-refractivity contribution in [3.8, 4) is 5.75 Å². The topological polar surface area (TPSA) is 115 Å². The summed E-state index contributed by atoms with van der Waals surface area (Å²) in [6.07, 6.45) is 2.84. The quantitative estimate of drug-likeness (QED) is 0.430. The molecule has 9 nitrogen and oxygen atoms in total. The van der Waals surface area contributed by atoms with Crippen LogP contribution in [-0.4, -0.2) is 70.2 Å². The third-order valence-corrected chi connectivity index (χ3v) is 8.97. The van der Waals surface area contributed by atoms with Gasteiger partial charge in [-0.15, -0.1) is 0 Å². The van der Waals surface area contributed by atoms with Gasteiger partial charge in [0.15, 0.2) is 7.49 Å². The molecule has 0 atom stereocenters. The number of fused-ring (bicyclic) bond motifs is 1. The first-order valence-corrected chi connectivity index (χ1v) is 12.4. The van der Waals surface area contributed by atoms with Crippen molar-refractivity contribution in [3.05, 3.63) is 29.4 Å². The molecule has 3 aromatic rings. The highest BCUT2D eigenvalue weighted by Gasteiger charge is 2.43. The van der Waals surface area contributed by atoms with Crippen molar-refractivity contribution in [1.82, 2.24) is 19.9 Å². The number of ether oxygens (including phenoxy) is 1. The summed E-state index contributed by atoms with van der Waals surface area (Å²) in [5.41, 5.74) is 1.29. The minimum absolute atomic E-state index is 0.0460. The summed E-state index contributed by atoms with van der Waals surface area (Å²) in [6.45, 7) is 2.70. The van der Waals surface area contributed by atoms with Crippen molar-refractivity contribution in [2.45, 2.75) is 6.92 Å². The maximum atomic E-state index is 11.6. The summed E-state index contributed by atoms with van der Waals surface area (Å²) in [4.78, 5) is 36.7. The van der Waals surface area contributed by atoms with Crippen LogP contribution < -0.4 is 20.7 Å². The molecule has 1 saturated heterocycles. The van der Waals surface area contributed by atoms with Crippen LogP contribution in [-0.2, 0) is 4.79 Å². The highest BCUT2D eigenvalue weighted by atomic mass is 35.5. The van der Waals surface area contributed by atoms with E-state index in [0.29, 0.717) is 59.3 Å². The first-order valence-electron chi connectivity index (χ1n) is 9.88. The average Bonchev–Trinajstić information content (AvgIpc) is 3.14. The maximum absolute atomic E-state index is 11.6. The van der Waals surface area contributed by atoms with Gasteiger partial charge in [0.25, 0.3) is 0 Å². The SMILES string of the molecule is CNc1nc(Nc2ccc([P+]3(O)CCN(C(C)=O)CC3)cc2OC)nc2[nH]cc(Cl)c12. The van der Waals surface area contributed by atoms with Crippen LogP contribution in [0.5, 0.6) is 5.75 Å². The van der Waals surface area contributed by atoms with Gasteiger partial charge in [0, 0.05) is 26.2 Å². The van der Waals surface area contributed by atoms with Crippen molar-refractivity contribution >= 4 is 58.8 Å². The van der Waals surface area contributed by atoms with Gasteiger partial charge >= 0.3 is 0 Å². The van der Waals surface area contributed by atoms with Gasteiger partial charge < -0.3 is 25.3 Å². The normalized spacial score (nSPS) is 15.7.